The van der Waals surface area contributed by atoms with E-state index in [0.717, 1.165) is 23.3 Å². The highest BCUT2D eigenvalue weighted by Crippen LogP contribution is 2.37. The molecule has 1 aromatic heterocycles. The van der Waals surface area contributed by atoms with Crippen LogP contribution < -0.4 is 10.1 Å². The molecule has 182 valence electrons. The van der Waals surface area contributed by atoms with Crippen molar-refractivity contribution in [2.45, 2.75) is 45.0 Å². The summed E-state index contributed by atoms with van der Waals surface area (Å²) in [5.74, 6) is 1.80. The van der Waals surface area contributed by atoms with Gasteiger partial charge in [-0.2, -0.15) is 4.98 Å². The molecule has 0 spiro atoms. The minimum absolute atomic E-state index is 0.129. The van der Waals surface area contributed by atoms with E-state index in [4.69, 9.17) is 14.6 Å². The number of hydrogen-bond acceptors (Lipinski definition) is 7. The van der Waals surface area contributed by atoms with E-state index in [2.05, 4.69) is 55.0 Å². The van der Waals surface area contributed by atoms with Gasteiger partial charge in [0, 0.05) is 11.4 Å². The summed E-state index contributed by atoms with van der Waals surface area (Å²) >= 11 is 1.59. The lowest BCUT2D eigenvalue weighted by Gasteiger charge is -2.28. The number of aryl methyl sites for hydroxylation is 1. The van der Waals surface area contributed by atoms with E-state index in [0.29, 0.717) is 34.7 Å². The number of allylic oxidation sites excluding steroid dienone is 1. The molecule has 0 bridgehead atoms. The van der Waals surface area contributed by atoms with Gasteiger partial charge in [-0.05, 0) is 43.5 Å². The minimum atomic E-state index is -0.505. The van der Waals surface area contributed by atoms with Crippen LogP contribution in [0.15, 0.2) is 77.6 Å². The number of esters is 1. The van der Waals surface area contributed by atoms with E-state index in [-0.39, 0.29) is 6.61 Å². The van der Waals surface area contributed by atoms with Crippen LogP contribution in [-0.4, -0.2) is 33.1 Å². The molecule has 3 aromatic rings. The molecule has 2 aromatic carbocycles. The normalized spacial score (nSPS) is 14.8. The lowest BCUT2D eigenvalue weighted by atomic mass is 9.95. The molecule has 1 aliphatic rings. The second-order valence-corrected chi connectivity index (χ2v) is 9.37. The molecule has 0 amide bonds. The molecule has 2 heterocycles. The fourth-order valence-electron chi connectivity index (χ4n) is 3.80. The number of nitrogens with zero attached hydrogens (tertiary/aromatic N) is 3. The highest BCUT2D eigenvalue weighted by atomic mass is 32.2. The van der Waals surface area contributed by atoms with Crippen LogP contribution in [0.3, 0.4) is 0 Å². The van der Waals surface area contributed by atoms with Gasteiger partial charge >= 0.3 is 5.97 Å². The second kappa shape index (κ2) is 11.3. The zero-order valence-corrected chi connectivity index (χ0v) is 21.1. The highest BCUT2D eigenvalue weighted by Gasteiger charge is 2.35. The summed E-state index contributed by atoms with van der Waals surface area (Å²) in [5, 5.41) is 8.62. The standard InChI is InChI=1S/C27H30N4O3S/c1-5-14-33-25(32)23-19(4)28-26-29-27(35-15-6-2)30-31(26)24(23)21-8-7-9-22(16-21)34-17-20-12-10-18(3)11-13-20/h5,7-13,16,24H,1,6,14-15,17H2,2-4H3,(H,28,29,30). The van der Waals surface area contributed by atoms with Crippen molar-refractivity contribution in [3.63, 3.8) is 0 Å². The third-order valence-electron chi connectivity index (χ3n) is 5.52. The SMILES string of the molecule is C=CCOC(=O)C1=C(C)Nc2nc(SCCC)nn2C1c1cccc(OCc2ccc(C)cc2)c1. The van der Waals surface area contributed by atoms with E-state index < -0.39 is 12.0 Å². The van der Waals surface area contributed by atoms with Crippen LogP contribution in [0, 0.1) is 6.92 Å². The summed E-state index contributed by atoms with van der Waals surface area (Å²) in [6, 6.07) is 15.5. The number of carbonyl (C=O) groups is 1. The Hall–Kier alpha value is -3.52. The molecule has 35 heavy (non-hydrogen) atoms. The number of rotatable bonds is 10. The number of nitrogens with one attached hydrogen (secondary N) is 1. The smallest absolute Gasteiger partial charge is 0.338 e. The first-order chi connectivity index (χ1) is 17.0. The molecule has 1 atom stereocenters. The van der Waals surface area contributed by atoms with Crippen LogP contribution in [0.25, 0.3) is 0 Å². The van der Waals surface area contributed by atoms with Gasteiger partial charge < -0.3 is 14.8 Å². The Morgan fingerprint density at radius 2 is 2.03 bits per heavy atom. The lowest BCUT2D eigenvalue weighted by Crippen LogP contribution is -2.29. The summed E-state index contributed by atoms with van der Waals surface area (Å²) in [6.07, 6.45) is 2.57. The van der Waals surface area contributed by atoms with Crippen molar-refractivity contribution in [3.8, 4) is 5.75 Å². The van der Waals surface area contributed by atoms with Crippen LogP contribution in [0.1, 0.15) is 43.0 Å². The molecule has 1 N–H and O–H groups in total. The van der Waals surface area contributed by atoms with Crippen molar-refractivity contribution < 1.29 is 14.3 Å². The molecule has 8 heteroatoms. The van der Waals surface area contributed by atoms with Gasteiger partial charge in [-0.25, -0.2) is 9.48 Å². The fourth-order valence-corrected chi connectivity index (χ4v) is 4.48. The van der Waals surface area contributed by atoms with E-state index in [1.165, 1.54) is 5.56 Å². The van der Waals surface area contributed by atoms with E-state index >= 15 is 0 Å². The third-order valence-corrected chi connectivity index (χ3v) is 6.56. The minimum Gasteiger partial charge on any atom is -0.489 e. The number of ether oxygens (including phenoxy) is 2. The van der Waals surface area contributed by atoms with Crippen LogP contribution in [0.5, 0.6) is 5.75 Å². The first-order valence-electron chi connectivity index (χ1n) is 11.6. The van der Waals surface area contributed by atoms with Gasteiger partial charge in [-0.3, -0.25) is 0 Å². The molecule has 4 rings (SSSR count). The van der Waals surface area contributed by atoms with Gasteiger partial charge in [0.05, 0.1) is 5.57 Å². The van der Waals surface area contributed by atoms with Crippen molar-refractivity contribution in [1.82, 2.24) is 14.8 Å². The average Bonchev–Trinajstić information content (AvgIpc) is 3.27. The van der Waals surface area contributed by atoms with Crippen LogP contribution in [0.2, 0.25) is 0 Å². The van der Waals surface area contributed by atoms with Crippen molar-refractivity contribution in [2.75, 3.05) is 17.7 Å². The fraction of sp³-hybridized carbons (Fsp3) is 0.296. The summed E-state index contributed by atoms with van der Waals surface area (Å²) in [4.78, 5) is 17.7. The van der Waals surface area contributed by atoms with Crippen molar-refractivity contribution in [2.24, 2.45) is 0 Å². The number of anilines is 1. The number of hydrogen-bond donors (Lipinski definition) is 1. The molecule has 0 saturated carbocycles. The number of aromatic nitrogens is 3. The summed E-state index contributed by atoms with van der Waals surface area (Å²) < 4.78 is 13.3. The predicted molar refractivity (Wildman–Crippen MR) is 139 cm³/mol. The molecule has 0 radical (unpaired) electrons. The molecule has 0 saturated heterocycles. The summed E-state index contributed by atoms with van der Waals surface area (Å²) in [7, 11) is 0. The predicted octanol–water partition coefficient (Wildman–Crippen LogP) is 5.69. The topological polar surface area (TPSA) is 78.3 Å². The van der Waals surface area contributed by atoms with Gasteiger partial charge in [0.2, 0.25) is 11.1 Å². The van der Waals surface area contributed by atoms with E-state index in [9.17, 15) is 4.79 Å². The van der Waals surface area contributed by atoms with Gasteiger partial charge in [0.25, 0.3) is 0 Å². The Morgan fingerprint density at radius 3 is 2.77 bits per heavy atom. The van der Waals surface area contributed by atoms with Gasteiger partial charge in [-0.1, -0.05) is 73.3 Å². The Bertz CT molecular complexity index is 1230. The first-order valence-corrected chi connectivity index (χ1v) is 12.6. The van der Waals surface area contributed by atoms with Crippen molar-refractivity contribution in [1.29, 1.82) is 0 Å². The quantitative estimate of drug-likeness (QED) is 0.222. The maximum absolute atomic E-state index is 13.1. The Kier molecular flexibility index (Phi) is 7.92. The number of benzene rings is 2. The highest BCUT2D eigenvalue weighted by molar-refractivity contribution is 7.99. The van der Waals surface area contributed by atoms with Gasteiger partial charge in [-0.15, -0.1) is 5.10 Å². The summed E-state index contributed by atoms with van der Waals surface area (Å²) in [5.41, 5.74) is 4.31. The molecular formula is C27H30N4O3S. The van der Waals surface area contributed by atoms with Crippen LogP contribution >= 0.6 is 11.8 Å². The van der Waals surface area contributed by atoms with Gasteiger partial charge in [0.1, 0.15) is 25.0 Å². The molecule has 0 aliphatic carbocycles. The largest absolute Gasteiger partial charge is 0.489 e. The molecular weight excluding hydrogens is 460 g/mol. The van der Waals surface area contributed by atoms with Crippen LogP contribution in [-0.2, 0) is 16.1 Å². The molecule has 0 fully saturated rings. The zero-order valence-electron chi connectivity index (χ0n) is 20.3. The third kappa shape index (κ3) is 5.77. The zero-order chi connectivity index (χ0) is 24.8. The lowest BCUT2D eigenvalue weighted by molar-refractivity contribution is -0.138. The number of carbonyl (C=O) groups excluding carboxylic acids is 1. The Morgan fingerprint density at radius 1 is 1.23 bits per heavy atom. The molecule has 1 aliphatic heterocycles. The van der Waals surface area contributed by atoms with Crippen molar-refractivity contribution >= 4 is 23.7 Å². The van der Waals surface area contributed by atoms with Crippen LogP contribution in [0.4, 0.5) is 5.95 Å². The van der Waals surface area contributed by atoms with Gasteiger partial charge in [0.15, 0.2) is 0 Å². The van der Waals surface area contributed by atoms with E-state index in [1.807, 2.05) is 31.2 Å². The molecule has 1 unspecified atom stereocenters. The number of thioether (sulfide) groups is 1. The average molecular weight is 491 g/mol. The second-order valence-electron chi connectivity index (χ2n) is 8.31. The molecule has 7 nitrogen and oxygen atoms in total. The summed E-state index contributed by atoms with van der Waals surface area (Å²) in [6.45, 7) is 10.3. The number of fused-ring (bicyclic) bond motifs is 1. The first kappa shape index (κ1) is 24.6. The Labute approximate surface area is 210 Å². The maximum atomic E-state index is 13.1. The van der Waals surface area contributed by atoms with E-state index in [1.54, 1.807) is 22.5 Å². The monoisotopic (exact) mass is 490 g/mol. The Balaban J connectivity index is 1.67. The maximum Gasteiger partial charge on any atom is 0.338 e. The van der Waals surface area contributed by atoms with Crippen molar-refractivity contribution in [3.05, 3.63) is 89.1 Å².